The molecule has 0 saturated heterocycles. The van der Waals surface area contributed by atoms with Crippen molar-refractivity contribution >= 4 is 28.9 Å². The van der Waals surface area contributed by atoms with Crippen LogP contribution in [0.15, 0.2) is 60.8 Å². The molecule has 0 spiro atoms. The van der Waals surface area contributed by atoms with Crippen LogP contribution in [-0.2, 0) is 13.0 Å². The van der Waals surface area contributed by atoms with E-state index in [4.69, 9.17) is 9.97 Å². The summed E-state index contributed by atoms with van der Waals surface area (Å²) in [5, 5.41) is 6.38. The molecule has 4 aromatic rings. The van der Waals surface area contributed by atoms with E-state index in [1.807, 2.05) is 60.0 Å². The second-order valence-electron chi connectivity index (χ2n) is 8.23. The van der Waals surface area contributed by atoms with Crippen LogP contribution < -0.4 is 15.5 Å². The van der Waals surface area contributed by atoms with E-state index in [9.17, 15) is 4.79 Å². The van der Waals surface area contributed by atoms with Crippen LogP contribution in [0.1, 0.15) is 33.7 Å². The van der Waals surface area contributed by atoms with Crippen molar-refractivity contribution in [1.29, 1.82) is 0 Å². The minimum Gasteiger partial charge on any atom is -0.370 e. The van der Waals surface area contributed by atoms with Crippen LogP contribution in [0.3, 0.4) is 0 Å². The van der Waals surface area contributed by atoms with Crippen LogP contribution in [0.2, 0.25) is 0 Å². The quantitative estimate of drug-likeness (QED) is 0.498. The summed E-state index contributed by atoms with van der Waals surface area (Å²) in [6.45, 7) is 3.62. The molecule has 1 amide bonds. The van der Waals surface area contributed by atoms with Crippen LogP contribution in [0.4, 0.5) is 17.5 Å². The van der Waals surface area contributed by atoms with Gasteiger partial charge in [-0.15, -0.1) is 0 Å². The van der Waals surface area contributed by atoms with E-state index in [1.54, 1.807) is 0 Å². The third-order valence-corrected chi connectivity index (χ3v) is 5.77. The fourth-order valence-corrected chi connectivity index (χ4v) is 4.26. The minimum absolute atomic E-state index is 0.232. The molecular formula is C25H26N6O. The SMILES string of the molecule is Cc1cc2cccc(C(=O)Nc3nc4c(c(NCc5ccccc5)n3)N(C)CCC4)n2c1. The van der Waals surface area contributed by atoms with E-state index in [-0.39, 0.29) is 5.91 Å². The molecule has 2 N–H and O–H groups in total. The number of aryl methyl sites for hydroxylation is 2. The Bertz CT molecular complexity index is 1280. The monoisotopic (exact) mass is 426 g/mol. The second-order valence-corrected chi connectivity index (χ2v) is 8.23. The molecular weight excluding hydrogens is 400 g/mol. The second kappa shape index (κ2) is 8.34. The number of aromatic nitrogens is 3. The molecule has 0 radical (unpaired) electrons. The standard InChI is InChI=1S/C25H26N6O/c1-17-14-19-10-6-12-21(31(19)16-17)24(32)29-25-27-20-11-7-13-30(2)22(20)23(28-25)26-15-18-8-4-3-5-9-18/h3-6,8-10,12,14,16H,7,11,13,15H2,1-2H3,(H2,26,27,28,29,32). The summed E-state index contributed by atoms with van der Waals surface area (Å²) in [5.74, 6) is 0.830. The molecule has 7 nitrogen and oxygen atoms in total. The van der Waals surface area contributed by atoms with E-state index < -0.39 is 0 Å². The number of nitrogens with one attached hydrogen (secondary N) is 2. The summed E-state index contributed by atoms with van der Waals surface area (Å²) in [5.41, 5.74) is 5.76. The molecule has 0 saturated carbocycles. The lowest BCUT2D eigenvalue weighted by atomic mass is 10.1. The van der Waals surface area contributed by atoms with Crippen molar-refractivity contribution in [3.63, 3.8) is 0 Å². The highest BCUT2D eigenvalue weighted by molar-refractivity contribution is 6.02. The van der Waals surface area contributed by atoms with Crippen LogP contribution in [-0.4, -0.2) is 33.9 Å². The van der Waals surface area contributed by atoms with Crippen molar-refractivity contribution in [3.8, 4) is 0 Å². The van der Waals surface area contributed by atoms with Crippen molar-refractivity contribution in [3.05, 3.63) is 83.3 Å². The van der Waals surface area contributed by atoms with Gasteiger partial charge in [-0.3, -0.25) is 10.1 Å². The number of amides is 1. The first-order valence-corrected chi connectivity index (χ1v) is 10.9. The highest BCUT2D eigenvalue weighted by Crippen LogP contribution is 2.32. The Balaban J connectivity index is 1.46. The third kappa shape index (κ3) is 3.89. The summed E-state index contributed by atoms with van der Waals surface area (Å²) in [4.78, 5) is 24.7. The Labute approximate surface area is 187 Å². The van der Waals surface area contributed by atoms with Crippen molar-refractivity contribution in [2.24, 2.45) is 0 Å². The molecule has 4 heterocycles. The Kier molecular flexibility index (Phi) is 5.23. The number of hydrogen-bond donors (Lipinski definition) is 2. The maximum atomic E-state index is 13.1. The van der Waals surface area contributed by atoms with Crippen LogP contribution in [0.25, 0.3) is 5.52 Å². The van der Waals surface area contributed by atoms with Crippen molar-refractivity contribution in [2.75, 3.05) is 29.1 Å². The van der Waals surface area contributed by atoms with Gasteiger partial charge in [0.05, 0.1) is 5.69 Å². The maximum absolute atomic E-state index is 13.1. The van der Waals surface area contributed by atoms with E-state index >= 15 is 0 Å². The molecule has 0 atom stereocenters. The zero-order chi connectivity index (χ0) is 22.1. The van der Waals surface area contributed by atoms with Crippen LogP contribution in [0.5, 0.6) is 0 Å². The molecule has 3 aromatic heterocycles. The zero-order valence-electron chi connectivity index (χ0n) is 18.3. The third-order valence-electron chi connectivity index (χ3n) is 5.77. The number of hydrogen-bond acceptors (Lipinski definition) is 5. The number of fused-ring (bicyclic) bond motifs is 2. The summed E-state index contributed by atoms with van der Waals surface area (Å²) < 4.78 is 1.89. The number of benzene rings is 1. The number of rotatable bonds is 5. The molecule has 32 heavy (non-hydrogen) atoms. The molecule has 0 fully saturated rings. The van der Waals surface area contributed by atoms with E-state index in [0.29, 0.717) is 18.2 Å². The first-order valence-electron chi connectivity index (χ1n) is 10.9. The molecule has 0 aliphatic carbocycles. The smallest absolute Gasteiger partial charge is 0.274 e. The van der Waals surface area contributed by atoms with Gasteiger partial charge < -0.3 is 14.6 Å². The number of carbonyl (C=O) groups is 1. The fourth-order valence-electron chi connectivity index (χ4n) is 4.26. The summed E-state index contributed by atoms with van der Waals surface area (Å²) in [6, 6.07) is 17.9. The number of pyridine rings is 1. The highest BCUT2D eigenvalue weighted by atomic mass is 16.2. The van der Waals surface area contributed by atoms with Gasteiger partial charge in [0.25, 0.3) is 5.91 Å². The fraction of sp³-hybridized carbons (Fsp3) is 0.240. The maximum Gasteiger partial charge on any atom is 0.274 e. The van der Waals surface area contributed by atoms with Gasteiger partial charge in [-0.05, 0) is 49.1 Å². The van der Waals surface area contributed by atoms with Gasteiger partial charge in [0.1, 0.15) is 11.4 Å². The predicted molar refractivity (Wildman–Crippen MR) is 127 cm³/mol. The van der Waals surface area contributed by atoms with Crippen molar-refractivity contribution in [1.82, 2.24) is 14.4 Å². The first-order chi connectivity index (χ1) is 15.6. The lowest BCUT2D eigenvalue weighted by molar-refractivity contribution is 0.102. The van der Waals surface area contributed by atoms with Crippen molar-refractivity contribution in [2.45, 2.75) is 26.3 Å². The number of anilines is 3. The van der Waals surface area contributed by atoms with Crippen molar-refractivity contribution < 1.29 is 4.79 Å². The Morgan fingerprint density at radius 2 is 1.94 bits per heavy atom. The van der Waals surface area contributed by atoms with Gasteiger partial charge in [0.2, 0.25) is 5.95 Å². The van der Waals surface area contributed by atoms with Gasteiger partial charge in [0.15, 0.2) is 5.82 Å². The summed E-state index contributed by atoms with van der Waals surface area (Å²) in [7, 11) is 2.06. The molecule has 7 heteroatoms. The molecule has 1 aliphatic rings. The Morgan fingerprint density at radius 1 is 1.09 bits per heavy atom. The van der Waals surface area contributed by atoms with E-state index in [1.165, 1.54) is 5.56 Å². The molecule has 0 bridgehead atoms. The number of nitrogens with zero attached hydrogens (tertiary/aromatic N) is 4. The van der Waals surface area contributed by atoms with Gasteiger partial charge in [-0.1, -0.05) is 36.4 Å². The normalized spacial score (nSPS) is 13.1. The molecule has 1 aromatic carbocycles. The first kappa shape index (κ1) is 20.1. The topological polar surface area (TPSA) is 74.6 Å². The van der Waals surface area contributed by atoms with Gasteiger partial charge >= 0.3 is 0 Å². The zero-order valence-corrected chi connectivity index (χ0v) is 18.3. The predicted octanol–water partition coefficient (Wildman–Crippen LogP) is 4.28. The van der Waals surface area contributed by atoms with Gasteiger partial charge in [0, 0.05) is 31.9 Å². The lowest BCUT2D eigenvalue weighted by Gasteiger charge is -2.29. The molecule has 162 valence electrons. The average Bonchev–Trinajstić information content (AvgIpc) is 3.18. The Morgan fingerprint density at radius 3 is 2.78 bits per heavy atom. The Hall–Kier alpha value is -3.87. The van der Waals surface area contributed by atoms with E-state index in [0.717, 1.165) is 47.7 Å². The summed E-state index contributed by atoms with van der Waals surface area (Å²) in [6.07, 6.45) is 3.84. The van der Waals surface area contributed by atoms with E-state index in [2.05, 4.69) is 34.7 Å². The lowest BCUT2D eigenvalue weighted by Crippen LogP contribution is -2.28. The molecule has 1 aliphatic heterocycles. The largest absolute Gasteiger partial charge is 0.370 e. The van der Waals surface area contributed by atoms with Gasteiger partial charge in [-0.2, -0.15) is 4.98 Å². The molecule has 0 unspecified atom stereocenters. The highest BCUT2D eigenvalue weighted by Gasteiger charge is 2.23. The minimum atomic E-state index is -0.232. The number of carbonyl (C=O) groups excluding carboxylic acids is 1. The summed E-state index contributed by atoms with van der Waals surface area (Å²) >= 11 is 0. The average molecular weight is 427 g/mol. The molecule has 5 rings (SSSR count). The van der Waals surface area contributed by atoms with Crippen LogP contribution >= 0.6 is 0 Å². The van der Waals surface area contributed by atoms with Gasteiger partial charge in [-0.25, -0.2) is 4.98 Å². The van der Waals surface area contributed by atoms with Crippen LogP contribution in [0, 0.1) is 6.92 Å².